The maximum atomic E-state index is 13.5. The Balaban J connectivity index is 1.82. The highest BCUT2D eigenvalue weighted by Gasteiger charge is 2.10. The third-order valence-corrected chi connectivity index (χ3v) is 6.25. The Morgan fingerprint density at radius 3 is 2.53 bits per heavy atom. The molecule has 0 aliphatic carbocycles. The molecule has 2 aromatic carbocycles. The van der Waals surface area contributed by atoms with Crippen molar-refractivity contribution in [2.75, 3.05) is 11.9 Å². The van der Waals surface area contributed by atoms with Gasteiger partial charge in [0.2, 0.25) is 16.0 Å². The van der Waals surface area contributed by atoms with E-state index in [1.54, 1.807) is 22.2 Å². The first kappa shape index (κ1) is 22.2. The Kier molecular flexibility index (Phi) is 6.71. The zero-order valence-corrected chi connectivity index (χ0v) is 18.3. The van der Waals surface area contributed by atoms with Crippen molar-refractivity contribution >= 4 is 44.8 Å². The van der Waals surface area contributed by atoms with E-state index in [4.69, 9.17) is 22.1 Å². The van der Waals surface area contributed by atoms with Gasteiger partial charge in [-0.25, -0.2) is 21.9 Å². The van der Waals surface area contributed by atoms with Crippen LogP contribution >= 0.6 is 23.1 Å². The number of nitrogens with one attached hydrogen (secondary N) is 2. The molecule has 0 aliphatic heterocycles. The molecule has 4 N–H and O–H groups in total. The molecular formula is C19H19ClFN5O2S2. The summed E-state index contributed by atoms with van der Waals surface area (Å²) in [5.74, 6) is -0.119. The SMILES string of the molecule is Cc1cc(=N)n(C(=NCCc2ccc(S(N)(=O)=O)cc2)Nc2ccc(F)c(Cl)c2)s1. The van der Waals surface area contributed by atoms with Gasteiger partial charge in [0, 0.05) is 17.1 Å². The molecule has 1 aromatic heterocycles. The first-order valence-electron chi connectivity index (χ1n) is 8.77. The average molecular weight is 468 g/mol. The van der Waals surface area contributed by atoms with Gasteiger partial charge in [-0.2, -0.15) is 0 Å². The van der Waals surface area contributed by atoms with Crippen LogP contribution in [-0.4, -0.2) is 24.9 Å². The van der Waals surface area contributed by atoms with Crippen molar-refractivity contribution in [2.24, 2.45) is 10.1 Å². The quantitative estimate of drug-likeness (QED) is 0.395. The van der Waals surface area contributed by atoms with E-state index in [-0.39, 0.29) is 15.4 Å². The minimum Gasteiger partial charge on any atom is -0.325 e. The van der Waals surface area contributed by atoms with Crippen LogP contribution in [0, 0.1) is 18.2 Å². The molecule has 0 bridgehead atoms. The summed E-state index contributed by atoms with van der Waals surface area (Å²) in [6, 6.07) is 12.2. The minimum atomic E-state index is -3.73. The van der Waals surface area contributed by atoms with E-state index in [2.05, 4.69) is 10.3 Å². The zero-order valence-electron chi connectivity index (χ0n) is 15.9. The molecule has 11 heteroatoms. The third kappa shape index (κ3) is 5.54. The maximum absolute atomic E-state index is 13.5. The van der Waals surface area contributed by atoms with Crippen molar-refractivity contribution < 1.29 is 12.8 Å². The lowest BCUT2D eigenvalue weighted by molar-refractivity contribution is 0.597. The summed E-state index contributed by atoms with van der Waals surface area (Å²) in [6.45, 7) is 2.26. The van der Waals surface area contributed by atoms with Gasteiger partial charge in [0.1, 0.15) is 11.3 Å². The molecular weight excluding hydrogens is 449 g/mol. The number of halogens is 2. The fourth-order valence-corrected chi connectivity index (χ4v) is 4.11. The van der Waals surface area contributed by atoms with Crippen LogP contribution < -0.4 is 15.9 Å². The zero-order chi connectivity index (χ0) is 21.9. The third-order valence-electron chi connectivity index (χ3n) is 4.08. The molecule has 0 saturated carbocycles. The largest absolute Gasteiger partial charge is 0.325 e. The van der Waals surface area contributed by atoms with Gasteiger partial charge in [-0.1, -0.05) is 35.3 Å². The second kappa shape index (κ2) is 9.09. The molecule has 7 nitrogen and oxygen atoms in total. The highest BCUT2D eigenvalue weighted by atomic mass is 35.5. The lowest BCUT2D eigenvalue weighted by Gasteiger charge is -2.11. The van der Waals surface area contributed by atoms with E-state index >= 15 is 0 Å². The van der Waals surface area contributed by atoms with Crippen LogP contribution in [0.25, 0.3) is 0 Å². The van der Waals surface area contributed by atoms with E-state index < -0.39 is 15.8 Å². The van der Waals surface area contributed by atoms with Crippen LogP contribution in [0.15, 0.2) is 58.4 Å². The van der Waals surface area contributed by atoms with Crippen molar-refractivity contribution in [1.82, 2.24) is 3.96 Å². The summed E-state index contributed by atoms with van der Waals surface area (Å²) >= 11 is 7.21. The summed E-state index contributed by atoms with van der Waals surface area (Å²) in [6.07, 6.45) is 0.540. The lowest BCUT2D eigenvalue weighted by Crippen LogP contribution is -2.28. The van der Waals surface area contributed by atoms with Gasteiger partial charge in [-0.15, -0.1) is 0 Å². The lowest BCUT2D eigenvalue weighted by atomic mass is 10.1. The van der Waals surface area contributed by atoms with Crippen molar-refractivity contribution in [3.8, 4) is 0 Å². The van der Waals surface area contributed by atoms with Gasteiger partial charge in [0.05, 0.1) is 9.92 Å². The fraction of sp³-hybridized carbons (Fsp3) is 0.158. The molecule has 3 aromatic rings. The van der Waals surface area contributed by atoms with Gasteiger partial charge in [0.15, 0.2) is 0 Å². The number of nitrogens with two attached hydrogens (primary N) is 1. The monoisotopic (exact) mass is 467 g/mol. The van der Waals surface area contributed by atoms with Crippen molar-refractivity contribution in [2.45, 2.75) is 18.2 Å². The Bertz CT molecular complexity index is 1250. The number of aliphatic imine (C=N–C) groups is 1. The number of sulfonamides is 1. The summed E-state index contributed by atoms with van der Waals surface area (Å²) < 4.78 is 37.8. The van der Waals surface area contributed by atoms with Crippen LogP contribution in [0.3, 0.4) is 0 Å². The smallest absolute Gasteiger partial charge is 0.238 e. The molecule has 0 unspecified atom stereocenters. The second-order valence-electron chi connectivity index (χ2n) is 6.42. The highest BCUT2D eigenvalue weighted by Crippen LogP contribution is 2.20. The number of rotatable bonds is 5. The number of hydrogen-bond donors (Lipinski definition) is 3. The molecule has 0 radical (unpaired) electrons. The van der Waals surface area contributed by atoms with Crippen LogP contribution in [-0.2, 0) is 16.4 Å². The number of anilines is 1. The number of aryl methyl sites for hydroxylation is 1. The van der Waals surface area contributed by atoms with Crippen LogP contribution in [0.5, 0.6) is 0 Å². The molecule has 0 atom stereocenters. The number of primary sulfonamides is 1. The number of aromatic nitrogens is 1. The Labute approximate surface area is 182 Å². The molecule has 0 amide bonds. The summed E-state index contributed by atoms with van der Waals surface area (Å²) in [5, 5.41) is 16.3. The van der Waals surface area contributed by atoms with Crippen LogP contribution in [0.2, 0.25) is 5.02 Å². The maximum Gasteiger partial charge on any atom is 0.238 e. The predicted molar refractivity (Wildman–Crippen MR) is 117 cm³/mol. The molecule has 0 saturated heterocycles. The molecule has 0 spiro atoms. The van der Waals surface area contributed by atoms with Crippen molar-refractivity contribution in [3.63, 3.8) is 0 Å². The van der Waals surface area contributed by atoms with E-state index in [1.165, 1.54) is 41.9 Å². The van der Waals surface area contributed by atoms with Gasteiger partial charge in [-0.3, -0.25) is 10.4 Å². The average Bonchev–Trinajstić information content (AvgIpc) is 3.01. The highest BCUT2D eigenvalue weighted by molar-refractivity contribution is 7.89. The normalized spacial score (nSPS) is 12.2. The molecule has 0 fully saturated rings. The number of nitrogens with zero attached hydrogens (tertiary/aromatic N) is 2. The van der Waals surface area contributed by atoms with Gasteiger partial charge in [0.25, 0.3) is 0 Å². The standard InChI is InChI=1S/C19H19ClFN5O2S2/c1-12-10-18(22)26(29-12)19(25-14-4-7-17(21)16(20)11-14)24-9-8-13-2-5-15(6-3-13)30(23,27)28/h2-7,10-11,22H,8-9H2,1H3,(H,24,25)(H2,23,27,28). The Morgan fingerprint density at radius 1 is 1.27 bits per heavy atom. The predicted octanol–water partition coefficient (Wildman–Crippen LogP) is 3.34. The first-order chi connectivity index (χ1) is 14.1. The molecule has 3 rings (SSSR count). The Hall–Kier alpha value is -2.53. The van der Waals surface area contributed by atoms with Crippen molar-refractivity contribution in [3.05, 3.63) is 75.3 Å². The van der Waals surface area contributed by atoms with E-state index in [0.717, 1.165) is 10.4 Å². The van der Waals surface area contributed by atoms with Gasteiger partial charge >= 0.3 is 0 Å². The van der Waals surface area contributed by atoms with Gasteiger partial charge in [-0.05, 0) is 55.3 Å². The molecule has 0 aliphatic rings. The molecule has 30 heavy (non-hydrogen) atoms. The fourth-order valence-electron chi connectivity index (χ4n) is 2.62. The van der Waals surface area contributed by atoms with E-state index in [9.17, 15) is 12.8 Å². The molecule has 158 valence electrons. The van der Waals surface area contributed by atoms with E-state index in [0.29, 0.717) is 24.6 Å². The topological polar surface area (TPSA) is 113 Å². The number of hydrogen-bond acceptors (Lipinski definition) is 5. The van der Waals surface area contributed by atoms with Crippen LogP contribution in [0.4, 0.5) is 10.1 Å². The van der Waals surface area contributed by atoms with Crippen molar-refractivity contribution in [1.29, 1.82) is 5.41 Å². The molecule has 1 heterocycles. The first-order valence-corrected chi connectivity index (χ1v) is 11.5. The second-order valence-corrected chi connectivity index (χ2v) is 9.58. The number of benzene rings is 2. The summed E-state index contributed by atoms with van der Waals surface area (Å²) in [4.78, 5) is 5.55. The summed E-state index contributed by atoms with van der Waals surface area (Å²) in [5.41, 5.74) is 1.68. The summed E-state index contributed by atoms with van der Waals surface area (Å²) in [7, 11) is -3.73. The van der Waals surface area contributed by atoms with Crippen LogP contribution in [0.1, 0.15) is 10.4 Å². The Morgan fingerprint density at radius 2 is 1.97 bits per heavy atom. The minimum absolute atomic E-state index is 0.0206. The van der Waals surface area contributed by atoms with E-state index in [1.807, 2.05) is 6.92 Å². The van der Waals surface area contributed by atoms with Gasteiger partial charge < -0.3 is 5.32 Å².